The molecule has 6 nitrogen and oxygen atoms in total. The summed E-state index contributed by atoms with van der Waals surface area (Å²) in [6, 6.07) is 13.2. The lowest BCUT2D eigenvalue weighted by Gasteiger charge is -2.53. The van der Waals surface area contributed by atoms with E-state index in [1.54, 1.807) is 6.07 Å². The molecule has 43 heavy (non-hydrogen) atoms. The van der Waals surface area contributed by atoms with Gasteiger partial charge in [0, 0.05) is 43.7 Å². The minimum atomic E-state index is -4.81. The second-order valence-electron chi connectivity index (χ2n) is 13.2. The lowest BCUT2D eigenvalue weighted by molar-refractivity contribution is -0.907. The van der Waals surface area contributed by atoms with Crippen LogP contribution in [0.2, 0.25) is 0 Å². The van der Waals surface area contributed by atoms with Gasteiger partial charge in [-0.15, -0.1) is 0 Å². The number of rotatable bonds is 8. The minimum Gasteiger partial charge on any atom is -0.631 e. The summed E-state index contributed by atoms with van der Waals surface area (Å²) >= 11 is 0. The van der Waals surface area contributed by atoms with E-state index in [4.69, 9.17) is 4.74 Å². The zero-order valence-corrected chi connectivity index (χ0v) is 24.4. The first-order chi connectivity index (χ1) is 20.6. The number of nitrogens with zero attached hydrogens (tertiary/aromatic N) is 3. The number of benzene rings is 2. The number of nitriles is 1. The monoisotopic (exact) mass is 600 g/mol. The molecule has 0 radical (unpaired) electrons. The molecule has 4 unspecified atom stereocenters. The van der Waals surface area contributed by atoms with E-state index < -0.39 is 22.2 Å². The number of quaternary nitrogens is 1. The molecule has 10 heteroatoms. The fraction of sp³-hybridized carbons (Fsp3) is 0.606. The Balaban J connectivity index is 1.17. The van der Waals surface area contributed by atoms with Gasteiger partial charge in [-0.1, -0.05) is 12.1 Å². The summed E-state index contributed by atoms with van der Waals surface area (Å²) in [6.07, 6.45) is 2.43. The molecule has 2 saturated heterocycles. The van der Waals surface area contributed by atoms with Crippen LogP contribution in [-0.2, 0) is 16.3 Å². The van der Waals surface area contributed by atoms with Gasteiger partial charge in [0.1, 0.15) is 5.82 Å². The SMILES string of the molecule is N#Cc1cccc(C23CCC([N+]([O-])(CNc4ccc(F)c(C(F)(F)F)c4)CC4CCN(C5CCOCC5)CC4)CC2C3)c1. The average Bonchev–Trinajstić information content (AvgIpc) is 3.76. The standard InChI is InChI=1S/C33H40F4N4O2/c34-31-5-4-27(18-30(31)33(35,36)37)39-22-41(42,21-23-7-12-40(13-8-23)28-9-14-43-15-10-28)29-6-11-32(19-26(32)17-29)25-3-1-2-24(16-25)20-38/h1-5,16,18,23,26,28-29,39H,6-15,17,19,21-22H2. The number of piperidine rings is 1. The maximum Gasteiger partial charge on any atom is 0.419 e. The third-order valence-electron chi connectivity index (χ3n) is 10.7. The highest BCUT2D eigenvalue weighted by Crippen LogP contribution is 2.63. The lowest BCUT2D eigenvalue weighted by atomic mass is 9.79. The van der Waals surface area contributed by atoms with Crippen molar-refractivity contribution in [3.05, 3.63) is 70.2 Å². The maximum atomic E-state index is 14.8. The van der Waals surface area contributed by atoms with Crippen molar-refractivity contribution in [2.75, 3.05) is 44.8 Å². The Bertz CT molecular complexity index is 1330. The summed E-state index contributed by atoms with van der Waals surface area (Å²) in [6.45, 7) is 3.83. The van der Waals surface area contributed by atoms with Crippen molar-refractivity contribution in [1.29, 1.82) is 5.26 Å². The van der Waals surface area contributed by atoms with Crippen molar-refractivity contribution < 1.29 is 26.9 Å². The fourth-order valence-corrected chi connectivity index (χ4v) is 8.10. The molecule has 0 bridgehead atoms. The Labute approximate surface area is 250 Å². The van der Waals surface area contributed by atoms with Crippen molar-refractivity contribution in [3.63, 3.8) is 0 Å². The van der Waals surface area contributed by atoms with E-state index in [1.807, 2.05) is 12.1 Å². The molecule has 0 aromatic heterocycles. The number of likely N-dealkylation sites (tertiary alicyclic amines) is 1. The molecule has 2 aliphatic carbocycles. The summed E-state index contributed by atoms with van der Waals surface area (Å²) in [5.74, 6) is -0.743. The predicted octanol–water partition coefficient (Wildman–Crippen LogP) is 6.80. The quantitative estimate of drug-likeness (QED) is 0.156. The first-order valence-electron chi connectivity index (χ1n) is 15.6. The second-order valence-corrected chi connectivity index (χ2v) is 13.2. The molecule has 0 amide bonds. The molecule has 2 aromatic carbocycles. The number of hydrogen-bond acceptors (Lipinski definition) is 5. The van der Waals surface area contributed by atoms with Crippen LogP contribution in [0, 0.1) is 34.2 Å². The molecule has 232 valence electrons. The Morgan fingerprint density at radius 1 is 1.07 bits per heavy atom. The van der Waals surface area contributed by atoms with Crippen LogP contribution in [0.1, 0.15) is 68.1 Å². The number of fused-ring (bicyclic) bond motifs is 1. The first-order valence-corrected chi connectivity index (χ1v) is 15.6. The Morgan fingerprint density at radius 2 is 1.84 bits per heavy atom. The van der Waals surface area contributed by atoms with Gasteiger partial charge in [0.15, 0.2) is 6.67 Å². The maximum absolute atomic E-state index is 14.8. The Kier molecular flexibility index (Phi) is 8.46. The van der Waals surface area contributed by atoms with Crippen molar-refractivity contribution in [1.82, 2.24) is 4.90 Å². The number of ether oxygens (including phenoxy) is 1. The molecule has 4 fully saturated rings. The Hall–Kier alpha value is -2.71. The van der Waals surface area contributed by atoms with E-state index >= 15 is 0 Å². The van der Waals surface area contributed by atoms with E-state index in [0.29, 0.717) is 24.1 Å². The molecular formula is C33H40F4N4O2. The summed E-state index contributed by atoms with van der Waals surface area (Å²) < 4.78 is 59.1. The minimum absolute atomic E-state index is 0.00916. The smallest absolute Gasteiger partial charge is 0.419 e. The van der Waals surface area contributed by atoms with Gasteiger partial charge < -0.3 is 24.8 Å². The fourth-order valence-electron chi connectivity index (χ4n) is 8.10. The summed E-state index contributed by atoms with van der Waals surface area (Å²) in [5, 5.41) is 27.2. The molecule has 2 heterocycles. The zero-order chi connectivity index (χ0) is 30.2. The highest BCUT2D eigenvalue weighted by molar-refractivity contribution is 5.47. The Morgan fingerprint density at radius 3 is 2.53 bits per heavy atom. The van der Waals surface area contributed by atoms with Crippen LogP contribution in [0.25, 0.3) is 0 Å². The summed E-state index contributed by atoms with van der Waals surface area (Å²) in [7, 11) is 0. The predicted molar refractivity (Wildman–Crippen MR) is 155 cm³/mol. The highest BCUT2D eigenvalue weighted by Gasteiger charge is 2.59. The second kappa shape index (κ2) is 12.0. The molecule has 4 atom stereocenters. The van der Waals surface area contributed by atoms with Gasteiger partial charge in [-0.3, -0.25) is 0 Å². The largest absolute Gasteiger partial charge is 0.631 e. The molecule has 1 N–H and O–H groups in total. The molecule has 6 rings (SSSR count). The van der Waals surface area contributed by atoms with Gasteiger partial charge in [0.25, 0.3) is 0 Å². The molecule has 2 aromatic rings. The highest BCUT2D eigenvalue weighted by atomic mass is 19.4. The molecule has 0 spiro atoms. The van der Waals surface area contributed by atoms with Crippen molar-refractivity contribution in [3.8, 4) is 6.07 Å². The third kappa shape index (κ3) is 6.41. The van der Waals surface area contributed by atoms with E-state index in [0.717, 1.165) is 89.8 Å². The number of nitrogens with one attached hydrogen (secondary N) is 1. The van der Waals surface area contributed by atoms with E-state index in [2.05, 4.69) is 22.4 Å². The van der Waals surface area contributed by atoms with Gasteiger partial charge in [-0.05, 0) is 98.8 Å². The van der Waals surface area contributed by atoms with Gasteiger partial charge in [-0.2, -0.15) is 18.4 Å². The topological polar surface area (TPSA) is 71.3 Å². The zero-order valence-electron chi connectivity index (χ0n) is 24.4. The molecule has 2 saturated carbocycles. The third-order valence-corrected chi connectivity index (χ3v) is 10.7. The van der Waals surface area contributed by atoms with Crippen molar-refractivity contribution >= 4 is 5.69 Å². The summed E-state index contributed by atoms with van der Waals surface area (Å²) in [5.41, 5.74) is 0.592. The van der Waals surface area contributed by atoms with E-state index in [1.165, 1.54) is 11.6 Å². The van der Waals surface area contributed by atoms with Gasteiger partial charge in [0.2, 0.25) is 0 Å². The van der Waals surface area contributed by atoms with Crippen LogP contribution in [0.3, 0.4) is 0 Å². The van der Waals surface area contributed by atoms with Crippen molar-refractivity contribution in [2.24, 2.45) is 11.8 Å². The van der Waals surface area contributed by atoms with E-state index in [9.17, 15) is 28.0 Å². The van der Waals surface area contributed by atoms with E-state index in [-0.39, 0.29) is 29.7 Å². The lowest BCUT2D eigenvalue weighted by Crippen LogP contribution is -2.58. The number of anilines is 1. The number of hydrogen-bond donors (Lipinski definition) is 1. The van der Waals surface area contributed by atoms with Gasteiger partial charge >= 0.3 is 6.18 Å². The molecule has 2 aliphatic heterocycles. The van der Waals surface area contributed by atoms with Crippen LogP contribution in [0.15, 0.2) is 42.5 Å². The molecular weight excluding hydrogens is 560 g/mol. The van der Waals surface area contributed by atoms with Gasteiger partial charge in [0.05, 0.1) is 29.8 Å². The van der Waals surface area contributed by atoms with Crippen LogP contribution in [0.5, 0.6) is 0 Å². The number of alkyl halides is 3. The number of hydroxylamine groups is 3. The van der Waals surface area contributed by atoms with Crippen LogP contribution in [0.4, 0.5) is 23.2 Å². The molecule has 4 aliphatic rings. The first kappa shape index (κ1) is 30.3. The van der Waals surface area contributed by atoms with Crippen LogP contribution < -0.4 is 5.32 Å². The van der Waals surface area contributed by atoms with Crippen LogP contribution >= 0.6 is 0 Å². The van der Waals surface area contributed by atoms with Gasteiger partial charge in [-0.25, -0.2) is 4.39 Å². The van der Waals surface area contributed by atoms with Crippen LogP contribution in [-0.4, -0.2) is 61.1 Å². The summed E-state index contributed by atoms with van der Waals surface area (Å²) in [4.78, 5) is 2.53. The van der Waals surface area contributed by atoms with Crippen molar-refractivity contribution in [2.45, 2.75) is 75.0 Å². The normalized spacial score (nSPS) is 28.5. The number of halogens is 4. The average molecular weight is 601 g/mol.